The van der Waals surface area contributed by atoms with Gasteiger partial charge < -0.3 is 5.32 Å². The molecule has 0 saturated carbocycles. The van der Waals surface area contributed by atoms with E-state index in [1.54, 1.807) is 13.0 Å². The minimum Gasteiger partial charge on any atom is -0.316 e. The second kappa shape index (κ2) is 6.15. The molecule has 1 aromatic carbocycles. The molecule has 2 rings (SSSR count). The van der Waals surface area contributed by atoms with Crippen LogP contribution in [0.5, 0.6) is 0 Å². The summed E-state index contributed by atoms with van der Waals surface area (Å²) in [4.78, 5) is 4.03. The lowest BCUT2D eigenvalue weighted by Gasteiger charge is -2.13. The summed E-state index contributed by atoms with van der Waals surface area (Å²) in [7, 11) is -1.93. The lowest BCUT2D eigenvalue weighted by molar-refractivity contribution is 0.599. The molecular formula is C13H17N5O2S. The number of nitrogens with zero attached hydrogens (tertiary/aromatic N) is 3. The average molecular weight is 307 g/mol. The van der Waals surface area contributed by atoms with Crippen molar-refractivity contribution in [3.05, 3.63) is 41.2 Å². The average Bonchev–Trinajstić information content (AvgIpc) is 2.42. The summed E-state index contributed by atoms with van der Waals surface area (Å²) in [6.45, 7) is 4.31. The molecule has 0 fully saturated rings. The fraction of sp³-hybridized carbons (Fsp3) is 0.308. The summed E-state index contributed by atoms with van der Waals surface area (Å²) in [6.07, 6.45) is 2.75. The zero-order chi connectivity index (χ0) is 15.5. The van der Waals surface area contributed by atoms with E-state index in [1.807, 2.05) is 20.0 Å². The molecule has 1 aromatic heterocycles. The molecule has 8 heteroatoms. The van der Waals surface area contributed by atoms with Crippen LogP contribution in [0.2, 0.25) is 0 Å². The molecular weight excluding hydrogens is 290 g/mol. The molecule has 0 saturated heterocycles. The van der Waals surface area contributed by atoms with Gasteiger partial charge in [-0.3, -0.25) is 0 Å². The summed E-state index contributed by atoms with van der Waals surface area (Å²) in [6, 6.07) is 3.52. The lowest BCUT2D eigenvalue weighted by Crippen LogP contribution is -2.17. The Morgan fingerprint density at radius 2 is 1.90 bits per heavy atom. The zero-order valence-corrected chi connectivity index (χ0v) is 12.9. The van der Waals surface area contributed by atoms with Gasteiger partial charge in [0.05, 0.1) is 17.3 Å². The molecule has 0 spiro atoms. The Labute approximate surface area is 123 Å². The van der Waals surface area contributed by atoms with Crippen molar-refractivity contribution < 1.29 is 8.42 Å². The minimum absolute atomic E-state index is 0.0485. The quantitative estimate of drug-likeness (QED) is 0.855. The van der Waals surface area contributed by atoms with E-state index in [2.05, 4.69) is 25.2 Å². The highest BCUT2D eigenvalue weighted by Crippen LogP contribution is 2.22. The minimum atomic E-state index is -3.74. The van der Waals surface area contributed by atoms with Crippen LogP contribution in [-0.4, -0.2) is 30.6 Å². The van der Waals surface area contributed by atoms with Gasteiger partial charge in [0.25, 0.3) is 16.0 Å². The van der Waals surface area contributed by atoms with Crippen molar-refractivity contribution in [3.63, 3.8) is 0 Å². The fourth-order valence-electron chi connectivity index (χ4n) is 2.01. The van der Waals surface area contributed by atoms with Crippen LogP contribution in [0.15, 0.2) is 29.4 Å². The van der Waals surface area contributed by atoms with Crippen molar-refractivity contribution in [3.8, 4) is 0 Å². The molecule has 0 amide bonds. The first-order chi connectivity index (χ1) is 9.94. The molecule has 0 aliphatic carbocycles. The lowest BCUT2D eigenvalue weighted by atomic mass is 10.1. The first kappa shape index (κ1) is 15.3. The molecule has 0 atom stereocenters. The maximum atomic E-state index is 12.5. The molecule has 2 aromatic rings. The predicted molar refractivity (Wildman–Crippen MR) is 79.3 cm³/mol. The standard InChI is InChI=1S/C13H17N5O2S/c1-9-6-10(2)12(7-11(9)8-14-3)21(19,20)18-13-15-4-5-16-17-13/h4-7,14H,8H2,1-3H3,(H,15,17,18). The third kappa shape index (κ3) is 3.53. The van der Waals surface area contributed by atoms with E-state index in [-0.39, 0.29) is 10.8 Å². The predicted octanol–water partition coefficient (Wildman–Crippen LogP) is 1.01. The third-order valence-electron chi connectivity index (χ3n) is 3.00. The highest BCUT2D eigenvalue weighted by molar-refractivity contribution is 7.92. The smallest absolute Gasteiger partial charge is 0.264 e. The molecule has 0 aliphatic rings. The molecule has 0 unspecified atom stereocenters. The van der Waals surface area contributed by atoms with Crippen molar-refractivity contribution in [1.82, 2.24) is 20.5 Å². The van der Waals surface area contributed by atoms with Gasteiger partial charge >= 0.3 is 0 Å². The van der Waals surface area contributed by atoms with Gasteiger partial charge in [-0.05, 0) is 43.7 Å². The zero-order valence-electron chi connectivity index (χ0n) is 12.1. The van der Waals surface area contributed by atoms with Crippen LogP contribution in [0.25, 0.3) is 0 Å². The maximum Gasteiger partial charge on any atom is 0.264 e. The van der Waals surface area contributed by atoms with E-state index in [0.29, 0.717) is 12.1 Å². The van der Waals surface area contributed by atoms with Crippen molar-refractivity contribution in [2.45, 2.75) is 25.3 Å². The fourth-order valence-corrected chi connectivity index (χ4v) is 3.24. The van der Waals surface area contributed by atoms with Gasteiger partial charge in [-0.15, -0.1) is 5.10 Å². The first-order valence-electron chi connectivity index (χ1n) is 6.35. The second-order valence-electron chi connectivity index (χ2n) is 4.65. The molecule has 0 bridgehead atoms. The Morgan fingerprint density at radius 1 is 1.14 bits per heavy atom. The summed E-state index contributed by atoms with van der Waals surface area (Å²) in [5.41, 5.74) is 2.64. The van der Waals surface area contributed by atoms with E-state index >= 15 is 0 Å². The number of aromatic nitrogens is 3. The normalized spacial score (nSPS) is 11.4. The van der Waals surface area contributed by atoms with Gasteiger partial charge in [0.15, 0.2) is 0 Å². The number of anilines is 1. The Hall–Kier alpha value is -2.06. The van der Waals surface area contributed by atoms with E-state index in [4.69, 9.17) is 0 Å². The Bertz CT molecular complexity index is 732. The van der Waals surface area contributed by atoms with Crippen LogP contribution in [0, 0.1) is 13.8 Å². The summed E-state index contributed by atoms with van der Waals surface area (Å²) in [5.74, 6) is -0.0485. The molecule has 1 heterocycles. The maximum absolute atomic E-state index is 12.5. The molecule has 0 radical (unpaired) electrons. The third-order valence-corrected chi connectivity index (χ3v) is 4.47. The number of benzene rings is 1. The molecule has 21 heavy (non-hydrogen) atoms. The second-order valence-corrected chi connectivity index (χ2v) is 6.30. The summed E-state index contributed by atoms with van der Waals surface area (Å²) >= 11 is 0. The number of hydrogen-bond donors (Lipinski definition) is 2. The van der Waals surface area contributed by atoms with Crippen molar-refractivity contribution in [2.75, 3.05) is 11.8 Å². The Kier molecular flexibility index (Phi) is 4.49. The number of nitrogens with one attached hydrogen (secondary N) is 2. The van der Waals surface area contributed by atoms with Crippen molar-refractivity contribution in [1.29, 1.82) is 0 Å². The monoisotopic (exact) mass is 307 g/mol. The van der Waals surface area contributed by atoms with E-state index in [1.165, 1.54) is 12.4 Å². The van der Waals surface area contributed by atoms with Gasteiger partial charge in [0.1, 0.15) is 0 Å². The van der Waals surface area contributed by atoms with Crippen LogP contribution < -0.4 is 10.0 Å². The highest BCUT2D eigenvalue weighted by atomic mass is 32.2. The van der Waals surface area contributed by atoms with Gasteiger partial charge in [-0.25, -0.2) is 18.1 Å². The van der Waals surface area contributed by atoms with Crippen LogP contribution in [-0.2, 0) is 16.6 Å². The summed E-state index contributed by atoms with van der Waals surface area (Å²) in [5, 5.41) is 10.3. The summed E-state index contributed by atoms with van der Waals surface area (Å²) < 4.78 is 27.2. The largest absolute Gasteiger partial charge is 0.316 e. The van der Waals surface area contributed by atoms with E-state index < -0.39 is 10.0 Å². The van der Waals surface area contributed by atoms with Crippen molar-refractivity contribution in [2.24, 2.45) is 0 Å². The molecule has 0 aliphatic heterocycles. The SMILES string of the molecule is CNCc1cc(S(=O)(=O)Nc2nccnn2)c(C)cc1C. The van der Waals surface area contributed by atoms with E-state index in [9.17, 15) is 8.42 Å². The van der Waals surface area contributed by atoms with Crippen LogP contribution in [0.4, 0.5) is 5.95 Å². The van der Waals surface area contributed by atoms with Gasteiger partial charge in [-0.1, -0.05) is 6.07 Å². The highest BCUT2D eigenvalue weighted by Gasteiger charge is 2.19. The number of hydrogen-bond acceptors (Lipinski definition) is 6. The number of aryl methyl sites for hydroxylation is 2. The van der Waals surface area contributed by atoms with Crippen LogP contribution >= 0.6 is 0 Å². The van der Waals surface area contributed by atoms with Crippen molar-refractivity contribution >= 4 is 16.0 Å². The number of sulfonamides is 1. The Balaban J connectivity index is 2.42. The van der Waals surface area contributed by atoms with Gasteiger partial charge in [0, 0.05) is 6.54 Å². The van der Waals surface area contributed by atoms with Crippen LogP contribution in [0.3, 0.4) is 0 Å². The van der Waals surface area contributed by atoms with Gasteiger partial charge in [0.2, 0.25) is 0 Å². The number of rotatable bonds is 5. The van der Waals surface area contributed by atoms with Gasteiger partial charge in [-0.2, -0.15) is 5.10 Å². The van der Waals surface area contributed by atoms with E-state index in [0.717, 1.165) is 11.1 Å². The van der Waals surface area contributed by atoms with Crippen LogP contribution in [0.1, 0.15) is 16.7 Å². The molecule has 2 N–H and O–H groups in total. The Morgan fingerprint density at radius 3 is 2.52 bits per heavy atom. The topological polar surface area (TPSA) is 96.9 Å². The molecule has 7 nitrogen and oxygen atoms in total. The molecule has 112 valence electrons. The first-order valence-corrected chi connectivity index (χ1v) is 7.83.